The van der Waals surface area contributed by atoms with Crippen molar-refractivity contribution in [2.75, 3.05) is 25.0 Å². The van der Waals surface area contributed by atoms with Crippen LogP contribution in [0.4, 0.5) is 0 Å². The van der Waals surface area contributed by atoms with Crippen molar-refractivity contribution in [2.45, 2.75) is 26.7 Å². The van der Waals surface area contributed by atoms with Gasteiger partial charge in [0.15, 0.2) is 0 Å². The molecule has 74 valence electrons. The smallest absolute Gasteiger partial charge is 0.0472 e. The lowest BCUT2D eigenvalue weighted by Gasteiger charge is -2.23. The summed E-state index contributed by atoms with van der Waals surface area (Å²) < 4.78 is 5.36. The molecule has 0 atom stereocenters. The number of ether oxygens (including phenoxy) is 1. The summed E-state index contributed by atoms with van der Waals surface area (Å²) in [6.45, 7) is 5.79. The summed E-state index contributed by atoms with van der Waals surface area (Å²) in [4.78, 5) is 0. The van der Waals surface area contributed by atoms with Gasteiger partial charge in [0, 0.05) is 25.0 Å². The first-order valence-electron chi connectivity index (χ1n) is 4.38. The van der Waals surface area contributed by atoms with Gasteiger partial charge >= 0.3 is 0 Å². The molecule has 0 aromatic rings. The predicted octanol–water partition coefficient (Wildman–Crippen LogP) is 3.29. The Morgan fingerprint density at radius 1 is 1.17 bits per heavy atom. The molecule has 0 aliphatic carbocycles. The van der Waals surface area contributed by atoms with Crippen molar-refractivity contribution in [1.82, 2.24) is 0 Å². The normalized spacial score (nSPS) is 12.0. The van der Waals surface area contributed by atoms with Crippen LogP contribution in [0, 0.1) is 5.41 Å². The van der Waals surface area contributed by atoms with Crippen LogP contribution < -0.4 is 0 Å². The molecule has 0 spiro atoms. The molecule has 0 radical (unpaired) electrons. The molecule has 1 nitrogen and oxygen atoms in total. The number of hydrogen-bond donors (Lipinski definition) is 0. The minimum absolute atomic E-state index is 0.0385. The number of alkyl halides is 2. The van der Waals surface area contributed by atoms with Gasteiger partial charge in [-0.1, -0.05) is 13.8 Å². The monoisotopic (exact) mass is 212 g/mol. The lowest BCUT2D eigenvalue weighted by atomic mass is 9.92. The minimum Gasteiger partial charge on any atom is -0.381 e. The quantitative estimate of drug-likeness (QED) is 0.465. The molecule has 0 fully saturated rings. The Morgan fingerprint density at radius 3 is 2.17 bits per heavy atom. The molecule has 12 heavy (non-hydrogen) atoms. The van der Waals surface area contributed by atoms with Crippen LogP contribution in [0.3, 0.4) is 0 Å². The van der Waals surface area contributed by atoms with Gasteiger partial charge in [0.1, 0.15) is 0 Å². The fourth-order valence-electron chi connectivity index (χ4n) is 0.734. The van der Waals surface area contributed by atoms with E-state index in [1.54, 1.807) is 0 Å². The maximum absolute atomic E-state index is 5.78. The molecule has 3 heteroatoms. The molecule has 0 saturated heterocycles. The topological polar surface area (TPSA) is 9.23 Å². The first-order chi connectivity index (χ1) is 5.68. The van der Waals surface area contributed by atoms with E-state index in [-0.39, 0.29) is 5.41 Å². The third-order valence-electron chi connectivity index (χ3n) is 1.84. The third-order valence-corrected chi connectivity index (χ3v) is 3.13. The molecule has 0 N–H and O–H groups in total. The van der Waals surface area contributed by atoms with Crippen LogP contribution in [0.15, 0.2) is 0 Å². The Hall–Kier alpha value is 0.540. The first-order valence-corrected chi connectivity index (χ1v) is 5.45. The van der Waals surface area contributed by atoms with Gasteiger partial charge in [-0.15, -0.1) is 23.2 Å². The summed E-state index contributed by atoms with van der Waals surface area (Å²) in [6, 6.07) is 0. The van der Waals surface area contributed by atoms with Crippen LogP contribution in [-0.2, 0) is 4.74 Å². The molecule has 0 rings (SSSR count). The second kappa shape index (κ2) is 6.99. The highest BCUT2D eigenvalue weighted by molar-refractivity contribution is 6.21. The van der Waals surface area contributed by atoms with E-state index >= 15 is 0 Å². The van der Waals surface area contributed by atoms with Gasteiger partial charge < -0.3 is 4.74 Å². The summed E-state index contributed by atoms with van der Waals surface area (Å²) in [5.74, 6) is 1.21. The maximum Gasteiger partial charge on any atom is 0.0472 e. The van der Waals surface area contributed by atoms with Crippen LogP contribution >= 0.6 is 23.2 Å². The van der Waals surface area contributed by atoms with Gasteiger partial charge in [0.25, 0.3) is 0 Å². The van der Waals surface area contributed by atoms with Gasteiger partial charge in [-0.3, -0.25) is 0 Å². The zero-order valence-electron chi connectivity index (χ0n) is 7.91. The van der Waals surface area contributed by atoms with E-state index < -0.39 is 0 Å². The second-order valence-electron chi connectivity index (χ2n) is 3.44. The zero-order chi connectivity index (χ0) is 9.45. The lowest BCUT2D eigenvalue weighted by Crippen LogP contribution is -2.22. The molecule has 0 amide bonds. The average Bonchev–Trinajstić information content (AvgIpc) is 2.12. The van der Waals surface area contributed by atoms with E-state index in [2.05, 4.69) is 13.8 Å². The SMILES string of the molecule is CCCOCCC(C)(CCl)CCl. The van der Waals surface area contributed by atoms with Gasteiger partial charge in [-0.2, -0.15) is 0 Å². The van der Waals surface area contributed by atoms with Crippen molar-refractivity contribution >= 4 is 23.2 Å². The summed E-state index contributed by atoms with van der Waals surface area (Å²) in [7, 11) is 0. The molecule has 0 saturated carbocycles. The van der Waals surface area contributed by atoms with Crippen LogP contribution in [0.5, 0.6) is 0 Å². The van der Waals surface area contributed by atoms with E-state index in [0.717, 1.165) is 26.1 Å². The molecule has 0 aromatic carbocycles. The Morgan fingerprint density at radius 2 is 1.75 bits per heavy atom. The van der Waals surface area contributed by atoms with Crippen molar-refractivity contribution in [2.24, 2.45) is 5.41 Å². The summed E-state index contributed by atoms with van der Waals surface area (Å²) in [5, 5.41) is 0. The first kappa shape index (κ1) is 12.5. The van der Waals surface area contributed by atoms with E-state index in [0.29, 0.717) is 11.8 Å². The van der Waals surface area contributed by atoms with Crippen molar-refractivity contribution in [1.29, 1.82) is 0 Å². The molecular weight excluding hydrogens is 195 g/mol. The van der Waals surface area contributed by atoms with Crippen molar-refractivity contribution in [3.8, 4) is 0 Å². The Balaban J connectivity index is 3.45. The number of halogens is 2. The Labute approximate surface area is 85.4 Å². The Bertz CT molecular complexity index is 103. The number of rotatable bonds is 7. The predicted molar refractivity (Wildman–Crippen MR) is 55.3 cm³/mol. The highest BCUT2D eigenvalue weighted by atomic mass is 35.5. The van der Waals surface area contributed by atoms with Crippen molar-refractivity contribution in [3.63, 3.8) is 0 Å². The molecular formula is C9H18Cl2O. The highest BCUT2D eigenvalue weighted by Crippen LogP contribution is 2.24. The molecule has 0 bridgehead atoms. The van der Waals surface area contributed by atoms with E-state index in [9.17, 15) is 0 Å². The van der Waals surface area contributed by atoms with E-state index in [1.165, 1.54) is 0 Å². The van der Waals surface area contributed by atoms with Gasteiger partial charge in [0.05, 0.1) is 0 Å². The lowest BCUT2D eigenvalue weighted by molar-refractivity contribution is 0.110. The second-order valence-corrected chi connectivity index (χ2v) is 3.97. The molecule has 0 unspecified atom stereocenters. The summed E-state index contributed by atoms with van der Waals surface area (Å²) in [6.07, 6.45) is 2.01. The fraction of sp³-hybridized carbons (Fsp3) is 1.00. The minimum atomic E-state index is 0.0385. The van der Waals surface area contributed by atoms with Crippen LogP contribution in [0.1, 0.15) is 26.7 Å². The largest absolute Gasteiger partial charge is 0.381 e. The van der Waals surface area contributed by atoms with Gasteiger partial charge in [-0.05, 0) is 18.3 Å². The van der Waals surface area contributed by atoms with Crippen molar-refractivity contribution < 1.29 is 4.74 Å². The summed E-state index contributed by atoms with van der Waals surface area (Å²) in [5.41, 5.74) is 0.0385. The average molecular weight is 213 g/mol. The zero-order valence-corrected chi connectivity index (χ0v) is 9.42. The molecule has 0 aromatic heterocycles. The van der Waals surface area contributed by atoms with Gasteiger partial charge in [0.2, 0.25) is 0 Å². The van der Waals surface area contributed by atoms with Crippen LogP contribution in [-0.4, -0.2) is 25.0 Å². The standard InChI is InChI=1S/C9H18Cl2O/c1-3-5-12-6-4-9(2,7-10)8-11/h3-8H2,1-2H3. The van der Waals surface area contributed by atoms with Crippen LogP contribution in [0.25, 0.3) is 0 Å². The maximum atomic E-state index is 5.78. The number of hydrogen-bond acceptors (Lipinski definition) is 1. The van der Waals surface area contributed by atoms with Crippen LogP contribution in [0.2, 0.25) is 0 Å². The van der Waals surface area contributed by atoms with E-state index in [1.807, 2.05) is 0 Å². The van der Waals surface area contributed by atoms with E-state index in [4.69, 9.17) is 27.9 Å². The highest BCUT2D eigenvalue weighted by Gasteiger charge is 2.21. The fourth-order valence-corrected chi connectivity index (χ4v) is 1.29. The molecule has 0 aliphatic heterocycles. The van der Waals surface area contributed by atoms with Crippen molar-refractivity contribution in [3.05, 3.63) is 0 Å². The Kier molecular flexibility index (Phi) is 7.31. The third kappa shape index (κ3) is 5.23. The molecule has 0 heterocycles. The molecule has 0 aliphatic rings. The van der Waals surface area contributed by atoms with Gasteiger partial charge in [-0.25, -0.2) is 0 Å². The summed E-state index contributed by atoms with van der Waals surface area (Å²) >= 11 is 11.6.